The van der Waals surface area contributed by atoms with E-state index in [0.717, 1.165) is 6.26 Å². The number of carbonyl (C=O) groups excluding carboxylic acids is 1. The minimum absolute atomic E-state index is 0.202. The Morgan fingerprint density at radius 2 is 1.94 bits per heavy atom. The molecule has 0 saturated heterocycles. The van der Waals surface area contributed by atoms with Gasteiger partial charge in [0.1, 0.15) is 15.9 Å². The number of aliphatic carboxylic acids is 1. The molecule has 0 aromatic heterocycles. The van der Waals surface area contributed by atoms with Gasteiger partial charge in [0.05, 0.1) is 5.75 Å². The summed E-state index contributed by atoms with van der Waals surface area (Å²) in [7, 11) is -3.20. The number of carboxylic acids is 1. The summed E-state index contributed by atoms with van der Waals surface area (Å²) >= 11 is 0. The van der Waals surface area contributed by atoms with Gasteiger partial charge in [-0.3, -0.25) is 4.79 Å². The van der Waals surface area contributed by atoms with Crippen LogP contribution in [-0.2, 0) is 19.4 Å². The standard InChI is InChI=1S/C9H17NO5S/c1-3-4-7(9(12)13)10-8(11)5-6-16(2,14)15/h7H,3-6H2,1-2H3,(H,10,11)(H,12,13). The van der Waals surface area contributed by atoms with Crippen molar-refractivity contribution in [1.82, 2.24) is 5.32 Å². The van der Waals surface area contributed by atoms with Gasteiger partial charge in [0.15, 0.2) is 0 Å². The lowest BCUT2D eigenvalue weighted by Gasteiger charge is -2.12. The molecule has 0 spiro atoms. The Morgan fingerprint density at radius 3 is 2.31 bits per heavy atom. The fourth-order valence-electron chi connectivity index (χ4n) is 1.09. The molecule has 1 atom stereocenters. The smallest absolute Gasteiger partial charge is 0.326 e. The van der Waals surface area contributed by atoms with E-state index in [2.05, 4.69) is 5.32 Å². The van der Waals surface area contributed by atoms with Crippen LogP contribution in [0.2, 0.25) is 0 Å². The number of amides is 1. The van der Waals surface area contributed by atoms with Crippen LogP contribution in [0.5, 0.6) is 0 Å². The van der Waals surface area contributed by atoms with Crippen molar-refractivity contribution < 1.29 is 23.1 Å². The van der Waals surface area contributed by atoms with Crippen LogP contribution in [0.15, 0.2) is 0 Å². The molecule has 2 N–H and O–H groups in total. The molecule has 94 valence electrons. The molecule has 0 aliphatic heterocycles. The first kappa shape index (κ1) is 14.9. The molecule has 1 unspecified atom stereocenters. The molecule has 0 radical (unpaired) electrons. The van der Waals surface area contributed by atoms with E-state index in [9.17, 15) is 18.0 Å². The predicted octanol–water partition coefficient (Wildman–Crippen LogP) is -0.209. The molecule has 1 amide bonds. The van der Waals surface area contributed by atoms with E-state index in [4.69, 9.17) is 5.11 Å². The van der Waals surface area contributed by atoms with Crippen LogP contribution in [-0.4, -0.2) is 43.5 Å². The quantitative estimate of drug-likeness (QED) is 0.652. The van der Waals surface area contributed by atoms with Crippen molar-refractivity contribution in [2.24, 2.45) is 0 Å². The van der Waals surface area contributed by atoms with Crippen LogP contribution < -0.4 is 5.32 Å². The summed E-state index contributed by atoms with van der Waals surface area (Å²) in [5.41, 5.74) is 0. The van der Waals surface area contributed by atoms with Crippen molar-refractivity contribution in [1.29, 1.82) is 0 Å². The van der Waals surface area contributed by atoms with Crippen LogP contribution in [0.25, 0.3) is 0 Å². The third-order valence-corrected chi connectivity index (χ3v) is 2.86. The van der Waals surface area contributed by atoms with Crippen LogP contribution >= 0.6 is 0 Å². The predicted molar refractivity (Wildman–Crippen MR) is 58.8 cm³/mol. The minimum Gasteiger partial charge on any atom is -0.480 e. The number of rotatable bonds is 7. The highest BCUT2D eigenvalue weighted by atomic mass is 32.2. The monoisotopic (exact) mass is 251 g/mol. The first-order chi connectivity index (χ1) is 7.26. The number of carbonyl (C=O) groups is 2. The van der Waals surface area contributed by atoms with Gasteiger partial charge < -0.3 is 10.4 Å². The maximum absolute atomic E-state index is 11.2. The molecular weight excluding hydrogens is 234 g/mol. The average Bonchev–Trinajstić information content (AvgIpc) is 2.13. The molecule has 0 aromatic rings. The van der Waals surface area contributed by atoms with Crippen LogP contribution in [0.4, 0.5) is 0 Å². The second-order valence-electron chi connectivity index (χ2n) is 3.63. The first-order valence-corrected chi connectivity index (χ1v) is 7.02. The van der Waals surface area contributed by atoms with Crippen LogP contribution in [0.3, 0.4) is 0 Å². The van der Waals surface area contributed by atoms with Crippen molar-refractivity contribution in [3.8, 4) is 0 Å². The van der Waals surface area contributed by atoms with Crippen LogP contribution in [0, 0.1) is 0 Å². The molecule has 16 heavy (non-hydrogen) atoms. The molecule has 0 bridgehead atoms. The van der Waals surface area contributed by atoms with E-state index >= 15 is 0 Å². The Morgan fingerprint density at radius 1 is 1.38 bits per heavy atom. The third kappa shape index (κ3) is 7.22. The van der Waals surface area contributed by atoms with Crippen molar-refractivity contribution in [2.75, 3.05) is 12.0 Å². The molecule has 0 aliphatic carbocycles. The molecule has 0 aromatic carbocycles. The SMILES string of the molecule is CCCC(NC(=O)CCS(C)(=O)=O)C(=O)O. The Hall–Kier alpha value is -1.11. The summed E-state index contributed by atoms with van der Waals surface area (Å²) in [4.78, 5) is 21.9. The summed E-state index contributed by atoms with van der Waals surface area (Å²) in [5.74, 6) is -1.92. The van der Waals surface area contributed by atoms with Crippen molar-refractivity contribution in [3.05, 3.63) is 0 Å². The lowest BCUT2D eigenvalue weighted by atomic mass is 10.1. The highest BCUT2D eigenvalue weighted by molar-refractivity contribution is 7.90. The molecule has 7 heteroatoms. The fourth-order valence-corrected chi connectivity index (χ4v) is 1.65. The average molecular weight is 251 g/mol. The second-order valence-corrected chi connectivity index (χ2v) is 5.89. The zero-order chi connectivity index (χ0) is 12.8. The Kier molecular flexibility index (Phi) is 6.02. The molecule has 0 fully saturated rings. The summed E-state index contributed by atoms with van der Waals surface area (Å²) in [6.07, 6.45) is 1.79. The highest BCUT2D eigenvalue weighted by Crippen LogP contribution is 1.98. The Balaban J connectivity index is 4.15. The van der Waals surface area contributed by atoms with Crippen molar-refractivity contribution >= 4 is 21.7 Å². The van der Waals surface area contributed by atoms with E-state index in [0.29, 0.717) is 12.8 Å². The van der Waals surface area contributed by atoms with E-state index in [1.165, 1.54) is 0 Å². The molecule has 0 heterocycles. The van der Waals surface area contributed by atoms with Crippen LogP contribution in [0.1, 0.15) is 26.2 Å². The zero-order valence-electron chi connectivity index (χ0n) is 9.39. The van der Waals surface area contributed by atoms with E-state index in [1.807, 2.05) is 0 Å². The van der Waals surface area contributed by atoms with Gasteiger partial charge in [-0.2, -0.15) is 0 Å². The van der Waals surface area contributed by atoms with E-state index in [1.54, 1.807) is 6.92 Å². The topological polar surface area (TPSA) is 101 Å². The van der Waals surface area contributed by atoms with Gasteiger partial charge in [-0.05, 0) is 6.42 Å². The van der Waals surface area contributed by atoms with Gasteiger partial charge in [-0.25, -0.2) is 13.2 Å². The van der Waals surface area contributed by atoms with Gasteiger partial charge in [0.2, 0.25) is 5.91 Å². The maximum atomic E-state index is 11.2. The maximum Gasteiger partial charge on any atom is 0.326 e. The Labute approximate surface area is 95.0 Å². The zero-order valence-corrected chi connectivity index (χ0v) is 10.2. The number of sulfone groups is 1. The molecule has 0 rings (SSSR count). The van der Waals surface area contributed by atoms with E-state index in [-0.39, 0.29) is 12.2 Å². The summed E-state index contributed by atoms with van der Waals surface area (Å²) < 4.78 is 21.6. The van der Waals surface area contributed by atoms with Gasteiger partial charge in [-0.15, -0.1) is 0 Å². The highest BCUT2D eigenvalue weighted by Gasteiger charge is 2.19. The summed E-state index contributed by atoms with van der Waals surface area (Å²) in [6.45, 7) is 1.80. The fraction of sp³-hybridized carbons (Fsp3) is 0.778. The van der Waals surface area contributed by atoms with Gasteiger partial charge in [0.25, 0.3) is 0 Å². The third-order valence-electron chi connectivity index (χ3n) is 1.91. The van der Waals surface area contributed by atoms with Gasteiger partial charge >= 0.3 is 5.97 Å². The number of nitrogens with one attached hydrogen (secondary N) is 1. The first-order valence-electron chi connectivity index (χ1n) is 4.96. The molecule has 0 saturated carbocycles. The van der Waals surface area contributed by atoms with Crippen molar-refractivity contribution in [3.63, 3.8) is 0 Å². The van der Waals surface area contributed by atoms with Gasteiger partial charge in [-0.1, -0.05) is 13.3 Å². The summed E-state index contributed by atoms with van der Waals surface area (Å²) in [5, 5.41) is 11.0. The van der Waals surface area contributed by atoms with E-state index < -0.39 is 27.8 Å². The molecule has 6 nitrogen and oxygen atoms in total. The second kappa shape index (κ2) is 6.47. The Bertz CT molecular complexity index is 349. The lowest BCUT2D eigenvalue weighted by molar-refractivity contribution is -0.142. The summed E-state index contributed by atoms with van der Waals surface area (Å²) in [6, 6.07) is -0.933. The number of carboxylic acid groups (broad SMARTS) is 1. The lowest BCUT2D eigenvalue weighted by Crippen LogP contribution is -2.41. The molecule has 0 aliphatic rings. The molecular formula is C9H17NO5S. The number of hydrogen-bond acceptors (Lipinski definition) is 4. The van der Waals surface area contributed by atoms with Crippen molar-refractivity contribution in [2.45, 2.75) is 32.2 Å². The normalized spacial score (nSPS) is 13.1. The number of hydrogen-bond donors (Lipinski definition) is 2. The minimum atomic E-state index is -3.20. The largest absolute Gasteiger partial charge is 0.480 e. The van der Waals surface area contributed by atoms with Gasteiger partial charge in [0, 0.05) is 12.7 Å².